The Morgan fingerprint density at radius 1 is 1.28 bits per heavy atom. The minimum absolute atomic E-state index is 0.0957. The van der Waals surface area contributed by atoms with Gasteiger partial charge in [0, 0.05) is 17.9 Å². The summed E-state index contributed by atoms with van der Waals surface area (Å²) in [6.45, 7) is 2.61. The zero-order valence-electron chi connectivity index (χ0n) is 13.8. The molecule has 134 valence electrons. The number of ether oxygens (including phenoxy) is 1. The molecule has 3 rings (SSSR count). The molecule has 2 aromatic rings. The van der Waals surface area contributed by atoms with Gasteiger partial charge in [0.15, 0.2) is 18.4 Å². The largest absolute Gasteiger partial charge is 0.482 e. The van der Waals surface area contributed by atoms with Crippen LogP contribution in [-0.4, -0.2) is 32.1 Å². The number of hydrogen-bond acceptors (Lipinski definition) is 3. The van der Waals surface area contributed by atoms with E-state index in [1.54, 1.807) is 24.5 Å². The SMILES string of the molecule is O=C(COc1ccc(Cl)cc1Cl)NC[C@H](c1ccco1)[NH+]1CCCC1. The van der Waals surface area contributed by atoms with E-state index in [1.807, 2.05) is 12.1 Å². The van der Waals surface area contributed by atoms with Gasteiger partial charge in [-0.3, -0.25) is 4.79 Å². The Kier molecular flexibility index (Phi) is 6.24. The lowest BCUT2D eigenvalue weighted by molar-refractivity contribution is -0.919. The van der Waals surface area contributed by atoms with E-state index in [9.17, 15) is 4.79 Å². The number of benzene rings is 1. The van der Waals surface area contributed by atoms with Crippen LogP contribution in [0.4, 0.5) is 0 Å². The molecule has 1 atom stereocenters. The van der Waals surface area contributed by atoms with E-state index in [4.69, 9.17) is 32.4 Å². The number of rotatable bonds is 7. The van der Waals surface area contributed by atoms with E-state index in [1.165, 1.54) is 17.7 Å². The van der Waals surface area contributed by atoms with Crippen LogP contribution in [0, 0.1) is 0 Å². The van der Waals surface area contributed by atoms with Crippen molar-refractivity contribution in [3.8, 4) is 5.75 Å². The van der Waals surface area contributed by atoms with Crippen LogP contribution in [0.2, 0.25) is 10.0 Å². The molecule has 1 aliphatic rings. The Bertz CT molecular complexity index is 700. The number of carbonyl (C=O) groups is 1. The lowest BCUT2D eigenvalue weighted by atomic mass is 10.2. The first kappa shape index (κ1) is 18.1. The lowest BCUT2D eigenvalue weighted by Gasteiger charge is -2.23. The fraction of sp³-hybridized carbons (Fsp3) is 0.389. The average Bonchev–Trinajstić information content (AvgIpc) is 3.28. The molecular weight excluding hydrogens is 363 g/mol. The van der Waals surface area contributed by atoms with Crippen molar-refractivity contribution in [2.45, 2.75) is 18.9 Å². The molecule has 0 aliphatic carbocycles. The van der Waals surface area contributed by atoms with Gasteiger partial charge in [0.25, 0.3) is 5.91 Å². The second kappa shape index (κ2) is 8.61. The van der Waals surface area contributed by atoms with Crippen molar-refractivity contribution in [3.63, 3.8) is 0 Å². The van der Waals surface area contributed by atoms with Gasteiger partial charge >= 0.3 is 0 Å². The number of furan rings is 1. The fourth-order valence-corrected chi connectivity index (χ4v) is 3.58. The third kappa shape index (κ3) is 4.91. The van der Waals surface area contributed by atoms with E-state index >= 15 is 0 Å². The number of halogens is 2. The number of carbonyl (C=O) groups excluding carboxylic acids is 1. The van der Waals surface area contributed by atoms with Crippen LogP contribution in [0.25, 0.3) is 0 Å². The van der Waals surface area contributed by atoms with Gasteiger partial charge in [0.2, 0.25) is 0 Å². The Morgan fingerprint density at radius 3 is 2.76 bits per heavy atom. The van der Waals surface area contributed by atoms with Crippen molar-refractivity contribution >= 4 is 29.1 Å². The molecule has 2 heterocycles. The predicted octanol–water partition coefficient (Wildman–Crippen LogP) is 2.50. The van der Waals surface area contributed by atoms with Crippen LogP contribution in [-0.2, 0) is 4.79 Å². The summed E-state index contributed by atoms with van der Waals surface area (Å²) in [5, 5.41) is 3.84. The van der Waals surface area contributed by atoms with Crippen LogP contribution in [0.3, 0.4) is 0 Å². The van der Waals surface area contributed by atoms with E-state index in [0.717, 1.165) is 18.8 Å². The van der Waals surface area contributed by atoms with E-state index in [2.05, 4.69) is 5.32 Å². The third-order valence-corrected chi connectivity index (χ3v) is 4.91. The summed E-state index contributed by atoms with van der Waals surface area (Å²) in [6, 6.07) is 8.88. The molecule has 5 nitrogen and oxygen atoms in total. The maximum atomic E-state index is 12.1. The highest BCUT2D eigenvalue weighted by Gasteiger charge is 2.29. The summed E-state index contributed by atoms with van der Waals surface area (Å²) < 4.78 is 11.0. The minimum atomic E-state index is -0.193. The van der Waals surface area contributed by atoms with Crippen LogP contribution >= 0.6 is 23.2 Å². The van der Waals surface area contributed by atoms with E-state index in [-0.39, 0.29) is 18.6 Å². The number of hydrogen-bond donors (Lipinski definition) is 2. The summed E-state index contributed by atoms with van der Waals surface area (Å²) in [4.78, 5) is 13.6. The second-order valence-electron chi connectivity index (χ2n) is 6.10. The molecule has 1 fully saturated rings. The molecule has 0 unspecified atom stereocenters. The highest BCUT2D eigenvalue weighted by molar-refractivity contribution is 6.35. The number of nitrogens with one attached hydrogen (secondary N) is 2. The van der Waals surface area contributed by atoms with Crippen molar-refractivity contribution in [1.29, 1.82) is 0 Å². The van der Waals surface area contributed by atoms with E-state index < -0.39 is 0 Å². The van der Waals surface area contributed by atoms with Gasteiger partial charge in [-0.25, -0.2) is 0 Å². The van der Waals surface area contributed by atoms with Gasteiger partial charge < -0.3 is 19.4 Å². The Morgan fingerprint density at radius 2 is 2.08 bits per heavy atom. The molecule has 1 aromatic heterocycles. The quantitative estimate of drug-likeness (QED) is 0.772. The van der Waals surface area contributed by atoms with Crippen molar-refractivity contribution in [3.05, 3.63) is 52.4 Å². The number of quaternary nitrogens is 1. The summed E-state index contributed by atoms with van der Waals surface area (Å²) in [7, 11) is 0. The first-order chi connectivity index (χ1) is 12.1. The molecule has 0 bridgehead atoms. The average molecular weight is 384 g/mol. The zero-order chi connectivity index (χ0) is 17.6. The lowest BCUT2D eigenvalue weighted by Crippen LogP contribution is -3.11. The fourth-order valence-electron chi connectivity index (χ4n) is 3.12. The van der Waals surface area contributed by atoms with E-state index in [0.29, 0.717) is 22.3 Å². The van der Waals surface area contributed by atoms with Crippen molar-refractivity contribution < 1.29 is 18.8 Å². The highest BCUT2D eigenvalue weighted by Crippen LogP contribution is 2.27. The number of amides is 1. The molecule has 7 heteroatoms. The summed E-state index contributed by atoms with van der Waals surface area (Å²) in [6.07, 6.45) is 4.09. The van der Waals surface area contributed by atoms with Gasteiger partial charge in [-0.1, -0.05) is 23.2 Å². The predicted molar refractivity (Wildman–Crippen MR) is 96.3 cm³/mol. The van der Waals surface area contributed by atoms with Crippen molar-refractivity contribution in [2.24, 2.45) is 0 Å². The normalized spacial score (nSPS) is 15.9. The standard InChI is InChI=1S/C18H20Cl2N2O3/c19-13-5-6-16(14(20)10-13)25-12-18(23)21-11-15(17-4-3-9-24-17)22-7-1-2-8-22/h3-6,9-10,15H,1-2,7-8,11-12H2,(H,21,23)/p+1/t15-/m1/s1. The van der Waals surface area contributed by atoms with Crippen molar-refractivity contribution in [1.82, 2.24) is 5.32 Å². The van der Waals surface area contributed by atoms with Crippen LogP contribution in [0.15, 0.2) is 41.0 Å². The molecule has 1 amide bonds. The van der Waals surface area contributed by atoms with Gasteiger partial charge in [-0.2, -0.15) is 0 Å². The number of likely N-dealkylation sites (tertiary alicyclic amines) is 1. The monoisotopic (exact) mass is 383 g/mol. The summed E-state index contributed by atoms with van der Waals surface area (Å²) in [5.74, 6) is 1.15. The molecular formula is C18H21Cl2N2O3+. The highest BCUT2D eigenvalue weighted by atomic mass is 35.5. The smallest absolute Gasteiger partial charge is 0.258 e. The van der Waals surface area contributed by atoms with Crippen LogP contribution in [0.5, 0.6) is 5.75 Å². The first-order valence-corrected chi connectivity index (χ1v) is 9.11. The second-order valence-corrected chi connectivity index (χ2v) is 6.94. The van der Waals surface area contributed by atoms with Crippen LogP contribution < -0.4 is 15.0 Å². The van der Waals surface area contributed by atoms with Gasteiger partial charge in [0.1, 0.15) is 5.75 Å². The van der Waals surface area contributed by atoms with Gasteiger partial charge in [0.05, 0.1) is 30.9 Å². The molecule has 2 N–H and O–H groups in total. The third-order valence-electron chi connectivity index (χ3n) is 4.38. The Labute approximate surface area is 156 Å². The maximum Gasteiger partial charge on any atom is 0.258 e. The molecule has 25 heavy (non-hydrogen) atoms. The molecule has 0 saturated carbocycles. The van der Waals surface area contributed by atoms with Gasteiger partial charge in [-0.05, 0) is 30.3 Å². The van der Waals surface area contributed by atoms with Gasteiger partial charge in [-0.15, -0.1) is 0 Å². The first-order valence-electron chi connectivity index (χ1n) is 8.36. The topological polar surface area (TPSA) is 55.9 Å². The molecule has 0 spiro atoms. The van der Waals surface area contributed by atoms with Crippen molar-refractivity contribution in [2.75, 3.05) is 26.2 Å². The Hall–Kier alpha value is -1.69. The maximum absolute atomic E-state index is 12.1. The molecule has 1 aliphatic heterocycles. The Balaban J connectivity index is 1.53. The zero-order valence-corrected chi connectivity index (χ0v) is 15.3. The molecule has 0 radical (unpaired) electrons. The summed E-state index contributed by atoms with van der Waals surface area (Å²) in [5.41, 5.74) is 0. The molecule has 1 aromatic carbocycles. The summed E-state index contributed by atoms with van der Waals surface area (Å²) >= 11 is 11.9. The molecule has 1 saturated heterocycles. The van der Waals surface area contributed by atoms with Crippen LogP contribution in [0.1, 0.15) is 24.6 Å². The minimum Gasteiger partial charge on any atom is -0.482 e.